The van der Waals surface area contributed by atoms with E-state index in [1.54, 1.807) is 23.9 Å². The van der Waals surface area contributed by atoms with Gasteiger partial charge in [-0.1, -0.05) is 6.07 Å². The van der Waals surface area contributed by atoms with Crippen LogP contribution in [-0.4, -0.2) is 6.26 Å². The second-order valence-corrected chi connectivity index (χ2v) is 5.14. The van der Waals surface area contributed by atoms with E-state index in [0.717, 1.165) is 10.5 Å². The van der Waals surface area contributed by atoms with Crippen LogP contribution < -0.4 is 10.5 Å². The van der Waals surface area contributed by atoms with Crippen LogP contribution in [0.4, 0.5) is 4.39 Å². The maximum absolute atomic E-state index is 13.9. The molecule has 100 valence electrons. The van der Waals surface area contributed by atoms with Crippen molar-refractivity contribution in [2.45, 2.75) is 17.9 Å². The fourth-order valence-electron chi connectivity index (χ4n) is 1.65. The minimum absolute atomic E-state index is 0.190. The summed E-state index contributed by atoms with van der Waals surface area (Å²) in [6.07, 6.45) is 2.00. The SMILES string of the molecule is CSc1ccc(Oc2ccc(C(C)N)cc2F)cc1. The molecule has 2 N–H and O–H groups in total. The Kier molecular flexibility index (Phi) is 4.45. The molecule has 4 heteroatoms. The first kappa shape index (κ1) is 13.9. The second kappa shape index (κ2) is 6.08. The first-order valence-electron chi connectivity index (χ1n) is 5.97. The van der Waals surface area contributed by atoms with Crippen LogP contribution in [0, 0.1) is 5.82 Å². The molecule has 0 aromatic heterocycles. The number of rotatable bonds is 4. The molecular formula is C15H16FNOS. The summed E-state index contributed by atoms with van der Waals surface area (Å²) in [5.74, 6) is 0.426. The quantitative estimate of drug-likeness (QED) is 0.843. The molecule has 0 bridgehead atoms. The summed E-state index contributed by atoms with van der Waals surface area (Å²) in [5, 5.41) is 0. The second-order valence-electron chi connectivity index (χ2n) is 4.26. The van der Waals surface area contributed by atoms with Gasteiger partial charge in [0.25, 0.3) is 0 Å². The van der Waals surface area contributed by atoms with E-state index in [-0.39, 0.29) is 11.8 Å². The molecule has 2 aromatic rings. The van der Waals surface area contributed by atoms with Crippen LogP contribution in [-0.2, 0) is 0 Å². The number of ether oxygens (including phenoxy) is 1. The Hall–Kier alpha value is -1.52. The lowest BCUT2D eigenvalue weighted by atomic mass is 10.1. The Bertz CT molecular complexity index is 555. The van der Waals surface area contributed by atoms with Gasteiger partial charge in [0.15, 0.2) is 11.6 Å². The highest BCUT2D eigenvalue weighted by atomic mass is 32.2. The number of benzene rings is 2. The van der Waals surface area contributed by atoms with E-state index in [1.165, 1.54) is 6.07 Å². The predicted molar refractivity (Wildman–Crippen MR) is 77.3 cm³/mol. The predicted octanol–water partition coefficient (Wildman–Crippen LogP) is 4.36. The van der Waals surface area contributed by atoms with Crippen molar-refractivity contribution in [3.63, 3.8) is 0 Å². The lowest BCUT2D eigenvalue weighted by Crippen LogP contribution is -2.05. The summed E-state index contributed by atoms with van der Waals surface area (Å²) in [5.41, 5.74) is 6.46. The molecule has 0 amide bonds. The van der Waals surface area contributed by atoms with Gasteiger partial charge >= 0.3 is 0 Å². The zero-order chi connectivity index (χ0) is 13.8. The molecule has 2 nitrogen and oxygen atoms in total. The summed E-state index contributed by atoms with van der Waals surface area (Å²) in [6, 6.07) is 12.1. The van der Waals surface area contributed by atoms with E-state index >= 15 is 0 Å². The third kappa shape index (κ3) is 3.49. The van der Waals surface area contributed by atoms with Crippen molar-refractivity contribution in [2.75, 3.05) is 6.26 Å². The summed E-state index contributed by atoms with van der Waals surface area (Å²) in [4.78, 5) is 1.14. The molecule has 0 aliphatic heterocycles. The molecule has 0 radical (unpaired) electrons. The fraction of sp³-hybridized carbons (Fsp3) is 0.200. The van der Waals surface area contributed by atoms with Gasteiger partial charge in [-0.05, 0) is 55.1 Å². The Morgan fingerprint density at radius 3 is 2.37 bits per heavy atom. The molecule has 1 atom stereocenters. The molecule has 0 spiro atoms. The van der Waals surface area contributed by atoms with Gasteiger partial charge in [0.1, 0.15) is 5.75 Å². The van der Waals surface area contributed by atoms with Crippen LogP contribution >= 0.6 is 11.8 Å². The van der Waals surface area contributed by atoms with Crippen LogP contribution in [0.1, 0.15) is 18.5 Å². The van der Waals surface area contributed by atoms with Crippen molar-refractivity contribution in [3.05, 3.63) is 53.8 Å². The van der Waals surface area contributed by atoms with Gasteiger partial charge < -0.3 is 10.5 Å². The zero-order valence-corrected chi connectivity index (χ0v) is 11.7. The van der Waals surface area contributed by atoms with Gasteiger partial charge in [0, 0.05) is 10.9 Å². The molecule has 0 fully saturated rings. The Labute approximate surface area is 116 Å². The topological polar surface area (TPSA) is 35.2 Å². The van der Waals surface area contributed by atoms with Crippen molar-refractivity contribution in [1.82, 2.24) is 0 Å². The summed E-state index contributed by atoms with van der Waals surface area (Å²) in [7, 11) is 0. The van der Waals surface area contributed by atoms with E-state index in [0.29, 0.717) is 5.75 Å². The fourth-order valence-corrected chi connectivity index (χ4v) is 2.06. The third-order valence-corrected chi connectivity index (χ3v) is 3.51. The number of nitrogens with two attached hydrogens (primary N) is 1. The average Bonchev–Trinajstić information content (AvgIpc) is 2.41. The Morgan fingerprint density at radius 1 is 1.16 bits per heavy atom. The summed E-state index contributed by atoms with van der Waals surface area (Å²) >= 11 is 1.65. The number of hydrogen-bond donors (Lipinski definition) is 1. The molecular weight excluding hydrogens is 261 g/mol. The van der Waals surface area contributed by atoms with Gasteiger partial charge in [-0.15, -0.1) is 11.8 Å². The van der Waals surface area contributed by atoms with Crippen LogP contribution in [0.3, 0.4) is 0 Å². The minimum Gasteiger partial charge on any atom is -0.454 e. The van der Waals surface area contributed by atoms with Gasteiger partial charge in [0.2, 0.25) is 0 Å². The van der Waals surface area contributed by atoms with E-state index in [2.05, 4.69) is 0 Å². The average molecular weight is 277 g/mol. The highest BCUT2D eigenvalue weighted by Crippen LogP contribution is 2.27. The van der Waals surface area contributed by atoms with E-state index in [4.69, 9.17) is 10.5 Å². The lowest BCUT2D eigenvalue weighted by molar-refractivity contribution is 0.441. The first-order chi connectivity index (χ1) is 9.10. The molecule has 2 rings (SSSR count). The molecule has 0 aliphatic rings. The molecule has 1 unspecified atom stereocenters. The molecule has 0 saturated heterocycles. The van der Waals surface area contributed by atoms with E-state index < -0.39 is 5.82 Å². The van der Waals surface area contributed by atoms with Gasteiger partial charge in [-0.25, -0.2) is 4.39 Å². The highest BCUT2D eigenvalue weighted by Gasteiger charge is 2.08. The monoisotopic (exact) mass is 277 g/mol. The number of thioether (sulfide) groups is 1. The normalized spacial score (nSPS) is 12.2. The number of hydrogen-bond acceptors (Lipinski definition) is 3. The van der Waals surface area contributed by atoms with Crippen molar-refractivity contribution in [2.24, 2.45) is 5.73 Å². The Morgan fingerprint density at radius 2 is 1.84 bits per heavy atom. The molecule has 19 heavy (non-hydrogen) atoms. The van der Waals surface area contributed by atoms with Gasteiger partial charge in [-0.3, -0.25) is 0 Å². The van der Waals surface area contributed by atoms with E-state index in [1.807, 2.05) is 37.4 Å². The smallest absolute Gasteiger partial charge is 0.166 e. The first-order valence-corrected chi connectivity index (χ1v) is 7.19. The van der Waals surface area contributed by atoms with Crippen LogP contribution in [0.2, 0.25) is 0 Å². The minimum atomic E-state index is -0.399. The largest absolute Gasteiger partial charge is 0.454 e. The van der Waals surface area contributed by atoms with E-state index in [9.17, 15) is 4.39 Å². The van der Waals surface area contributed by atoms with Crippen molar-refractivity contribution in [3.8, 4) is 11.5 Å². The van der Waals surface area contributed by atoms with Crippen molar-refractivity contribution >= 4 is 11.8 Å². The molecule has 0 aliphatic carbocycles. The highest BCUT2D eigenvalue weighted by molar-refractivity contribution is 7.98. The van der Waals surface area contributed by atoms with Crippen molar-refractivity contribution in [1.29, 1.82) is 0 Å². The van der Waals surface area contributed by atoms with Crippen LogP contribution in [0.5, 0.6) is 11.5 Å². The van der Waals surface area contributed by atoms with Crippen LogP contribution in [0.15, 0.2) is 47.4 Å². The maximum atomic E-state index is 13.9. The standard InChI is InChI=1S/C15H16FNOS/c1-10(17)11-3-8-15(14(16)9-11)18-12-4-6-13(19-2)7-5-12/h3-10H,17H2,1-2H3. The maximum Gasteiger partial charge on any atom is 0.166 e. The van der Waals surface area contributed by atoms with Gasteiger partial charge in [0.05, 0.1) is 0 Å². The van der Waals surface area contributed by atoms with Gasteiger partial charge in [-0.2, -0.15) is 0 Å². The lowest BCUT2D eigenvalue weighted by Gasteiger charge is -2.10. The zero-order valence-electron chi connectivity index (χ0n) is 10.9. The molecule has 2 aromatic carbocycles. The Balaban J connectivity index is 2.18. The molecule has 0 saturated carbocycles. The summed E-state index contributed by atoms with van der Waals surface area (Å²) < 4.78 is 19.4. The summed E-state index contributed by atoms with van der Waals surface area (Å²) in [6.45, 7) is 1.82. The third-order valence-electron chi connectivity index (χ3n) is 2.77. The molecule has 0 heterocycles. The van der Waals surface area contributed by atoms with Crippen molar-refractivity contribution < 1.29 is 9.13 Å². The van der Waals surface area contributed by atoms with Crippen LogP contribution in [0.25, 0.3) is 0 Å². The number of halogens is 1.